The molecule has 0 unspecified atom stereocenters. The molecule has 0 radical (unpaired) electrons. The van der Waals surface area contributed by atoms with Crippen LogP contribution in [0, 0.1) is 20.8 Å². The van der Waals surface area contributed by atoms with Crippen molar-refractivity contribution in [3.8, 4) is 23.0 Å². The summed E-state index contributed by atoms with van der Waals surface area (Å²) >= 11 is 0. The van der Waals surface area contributed by atoms with Crippen LogP contribution in [0.5, 0.6) is 23.0 Å². The number of benzene rings is 4. The van der Waals surface area contributed by atoms with E-state index in [0.717, 1.165) is 62.6 Å². The molecule has 8 aromatic heterocycles. The van der Waals surface area contributed by atoms with E-state index in [1.54, 1.807) is 81.2 Å². The molecule has 0 saturated heterocycles. The Hall–Kier alpha value is -12.6. The third-order valence-electron chi connectivity index (χ3n) is 16.3. The van der Waals surface area contributed by atoms with Crippen molar-refractivity contribution < 1.29 is 38.1 Å². The number of aromatic nitrogens is 12. The van der Waals surface area contributed by atoms with Crippen molar-refractivity contribution in [2.24, 2.45) is 0 Å². The molecule has 16 rings (SSSR count). The first kappa shape index (κ1) is 69.7. The summed E-state index contributed by atoms with van der Waals surface area (Å²) in [5, 5.41) is 17.9. The zero-order chi connectivity index (χ0) is 68.0. The molecule has 4 aromatic carbocycles. The summed E-state index contributed by atoms with van der Waals surface area (Å²) in [5.41, 5.74) is 8.27. The van der Waals surface area contributed by atoms with Gasteiger partial charge in [0.15, 0.2) is 0 Å². The van der Waals surface area contributed by atoms with Crippen molar-refractivity contribution in [1.29, 1.82) is 0 Å². The summed E-state index contributed by atoms with van der Waals surface area (Å²) < 4.78 is 29.8. The summed E-state index contributed by atoms with van der Waals surface area (Å²) in [5.74, 6) is 5.49. The van der Waals surface area contributed by atoms with Gasteiger partial charge in [0.2, 0.25) is 0 Å². The zero-order valence-corrected chi connectivity index (χ0v) is 54.8. The van der Waals surface area contributed by atoms with E-state index < -0.39 is 0 Å². The highest BCUT2D eigenvalue weighted by Gasteiger charge is 2.32. The fraction of sp³-hybridized carbons (Fsp3) is 0.221. The van der Waals surface area contributed by atoms with Gasteiger partial charge in [-0.1, -0.05) is 112 Å². The molecule has 0 saturated carbocycles. The van der Waals surface area contributed by atoms with Crippen molar-refractivity contribution in [2.75, 3.05) is 45.8 Å². The number of anilines is 4. The first-order valence-corrected chi connectivity index (χ1v) is 32.4. The van der Waals surface area contributed by atoms with Crippen molar-refractivity contribution in [2.45, 2.75) is 88.2 Å². The van der Waals surface area contributed by atoms with Crippen molar-refractivity contribution in [1.82, 2.24) is 59.1 Å². The highest BCUT2D eigenvalue weighted by molar-refractivity contribution is 6.07. The number of hydrogen-bond donors (Lipinski definition) is 0. The summed E-state index contributed by atoms with van der Waals surface area (Å²) in [7, 11) is 0. The minimum Gasteiger partial charge on any atom is -0.487 e. The molecule has 4 amide bonds. The number of amides is 4. The number of carbonyl (C=O) groups is 4. The number of carbonyl (C=O) groups excluding carboxylic acids is 4. The van der Waals surface area contributed by atoms with E-state index in [0.29, 0.717) is 125 Å². The molecule has 0 fully saturated rings. The van der Waals surface area contributed by atoms with Crippen LogP contribution in [0.3, 0.4) is 0 Å². The Morgan fingerprint density at radius 3 is 0.901 bits per heavy atom. The van der Waals surface area contributed by atoms with Crippen LogP contribution >= 0.6 is 0 Å². The first-order chi connectivity index (χ1) is 48.4. The molecular formula is C77H78N16O8. The molecule has 0 bridgehead atoms. The first-order valence-electron chi connectivity index (χ1n) is 32.4. The number of fused-ring (bicyclic) bond motifs is 4. The van der Waals surface area contributed by atoms with Gasteiger partial charge >= 0.3 is 0 Å². The van der Waals surface area contributed by atoms with E-state index in [9.17, 15) is 19.2 Å². The molecule has 24 nitrogen and oxygen atoms in total. The van der Waals surface area contributed by atoms with Crippen LogP contribution in [0.2, 0.25) is 0 Å². The fourth-order valence-corrected chi connectivity index (χ4v) is 11.3. The Balaban J connectivity index is 0.000000135. The average molecular weight is 1360 g/mol. The second-order valence-corrected chi connectivity index (χ2v) is 23.4. The molecule has 4 aliphatic rings. The van der Waals surface area contributed by atoms with Crippen LogP contribution in [0.1, 0.15) is 96.4 Å². The van der Waals surface area contributed by atoms with Crippen LogP contribution < -0.4 is 38.5 Å². The van der Waals surface area contributed by atoms with E-state index in [-0.39, 0.29) is 38.5 Å². The van der Waals surface area contributed by atoms with Crippen LogP contribution in [0.4, 0.5) is 23.3 Å². The van der Waals surface area contributed by atoms with Crippen LogP contribution in [-0.4, -0.2) is 109 Å². The third kappa shape index (κ3) is 17.0. The van der Waals surface area contributed by atoms with E-state index in [2.05, 4.69) is 40.3 Å². The Labute approximate surface area is 585 Å². The number of rotatable bonds is 16. The quantitative estimate of drug-likeness (QED) is 0.0873. The van der Waals surface area contributed by atoms with Gasteiger partial charge in [-0.2, -0.15) is 20.4 Å². The van der Waals surface area contributed by atoms with E-state index in [1.165, 1.54) is 0 Å². The predicted molar refractivity (Wildman–Crippen MR) is 383 cm³/mol. The van der Waals surface area contributed by atoms with Crippen molar-refractivity contribution in [3.63, 3.8) is 0 Å². The summed E-state index contributed by atoms with van der Waals surface area (Å²) in [4.78, 5) is 75.2. The van der Waals surface area contributed by atoms with Crippen LogP contribution in [-0.2, 0) is 52.6 Å². The number of aryl methyl sites for hydroxylation is 3. The smallest absolute Gasteiger partial charge is 0.277 e. The van der Waals surface area contributed by atoms with Gasteiger partial charge < -0.3 is 18.9 Å². The average Bonchev–Trinajstić information content (AvgIpc) is 1.72. The maximum absolute atomic E-state index is 12.8. The Bertz CT molecular complexity index is 4570. The number of ether oxygens (including phenoxy) is 4. The monoisotopic (exact) mass is 1350 g/mol. The number of pyridine rings is 4. The molecule has 24 heteroatoms. The van der Waals surface area contributed by atoms with E-state index >= 15 is 0 Å². The highest BCUT2D eigenvalue weighted by atomic mass is 16.5. The number of nitrogens with zero attached hydrogens (tertiary/aromatic N) is 16. The lowest BCUT2D eigenvalue weighted by Gasteiger charge is -2.26. The maximum atomic E-state index is 12.8. The standard InChI is InChI=1S/3C19H18N4O2.C18H16N4O2.2CH4/c1-14-6-5-9-18(20-14)22-10-11-23-17(19(22)24)12-15(21-23)13-25-16-7-3-2-4-8-16;2*1-14-7-8-18(20-12-14)22-9-10-23-17(19(22)24)11-15(21-23)13-25-16-5-3-2-4-6-16;23-18-16-12-14(13-24-15-6-2-1-3-7-15)20-22(16)11-10-21(18)17-8-4-5-9-19-17;;/h2-9,12H,10-11,13H2,1H3;2*2-8,11-12H,9-10,13H2,1H3;1-9,12H,10-11,13H2;2*1H4. The molecule has 514 valence electrons. The van der Waals surface area contributed by atoms with Gasteiger partial charge in [-0.05, 0) is 141 Å². The molecule has 0 N–H and O–H groups in total. The molecular weight excluding hydrogens is 1280 g/mol. The predicted octanol–water partition coefficient (Wildman–Crippen LogP) is 12.3. The van der Waals surface area contributed by atoms with E-state index in [1.807, 2.05) is 203 Å². The summed E-state index contributed by atoms with van der Waals surface area (Å²) in [6.45, 7) is 12.0. The minimum atomic E-state index is -0.0848. The van der Waals surface area contributed by atoms with Crippen molar-refractivity contribution >= 4 is 46.9 Å². The molecule has 12 aromatic rings. The summed E-state index contributed by atoms with van der Waals surface area (Å²) in [6, 6.07) is 64.4. The van der Waals surface area contributed by atoms with Gasteiger partial charge in [0, 0.05) is 50.5 Å². The van der Waals surface area contributed by atoms with Gasteiger partial charge in [0.1, 0.15) is 118 Å². The topological polar surface area (TPSA) is 241 Å². The molecule has 101 heavy (non-hydrogen) atoms. The number of para-hydroxylation sites is 4. The molecule has 12 heterocycles. The largest absolute Gasteiger partial charge is 0.487 e. The second-order valence-electron chi connectivity index (χ2n) is 23.4. The lowest BCUT2D eigenvalue weighted by atomic mass is 10.2. The Kier molecular flexibility index (Phi) is 22.5. The second kappa shape index (κ2) is 32.6. The van der Waals surface area contributed by atoms with Gasteiger partial charge in [0.25, 0.3) is 23.6 Å². The van der Waals surface area contributed by atoms with Gasteiger partial charge in [0.05, 0.1) is 26.2 Å². The third-order valence-corrected chi connectivity index (χ3v) is 16.3. The molecule has 0 atom stereocenters. The normalized spacial score (nSPS) is 13.4. The van der Waals surface area contributed by atoms with Gasteiger partial charge in [-0.15, -0.1) is 0 Å². The van der Waals surface area contributed by atoms with E-state index in [4.69, 9.17) is 18.9 Å². The Morgan fingerprint density at radius 2 is 0.614 bits per heavy atom. The van der Waals surface area contributed by atoms with Crippen LogP contribution in [0.15, 0.2) is 225 Å². The SMILES string of the molecule is C.C.Cc1ccc(N2CCn3nc(COc4ccccc4)cc3C2=O)nc1.Cc1ccc(N2CCn3nc(COc4ccccc4)cc3C2=O)nc1.Cc1cccc(N2CCn3nc(COc4ccccc4)cc3C2=O)n1.O=C1c2cc(COc3ccccc3)nn2CCN1c1ccccn1. The molecule has 0 aliphatic carbocycles. The Morgan fingerprint density at radius 1 is 0.317 bits per heavy atom. The van der Waals surface area contributed by atoms with Crippen molar-refractivity contribution in [3.05, 3.63) is 287 Å². The molecule has 0 spiro atoms. The lowest BCUT2D eigenvalue weighted by Crippen LogP contribution is -2.41. The zero-order valence-electron chi connectivity index (χ0n) is 54.8. The summed E-state index contributed by atoms with van der Waals surface area (Å²) in [6.07, 6.45) is 5.23. The molecule has 4 aliphatic heterocycles. The lowest BCUT2D eigenvalue weighted by molar-refractivity contribution is 0.0953. The highest BCUT2D eigenvalue weighted by Crippen LogP contribution is 2.26. The maximum Gasteiger partial charge on any atom is 0.277 e. The van der Waals surface area contributed by atoms with Crippen LogP contribution in [0.25, 0.3) is 0 Å². The fourth-order valence-electron chi connectivity index (χ4n) is 11.3. The minimum absolute atomic E-state index is 0. The van der Waals surface area contributed by atoms with Gasteiger partial charge in [-0.25, -0.2) is 19.9 Å². The number of hydrogen-bond acceptors (Lipinski definition) is 16. The van der Waals surface area contributed by atoms with Gasteiger partial charge in [-0.3, -0.25) is 57.5 Å².